The van der Waals surface area contributed by atoms with Crippen LogP contribution < -0.4 is 0 Å². The number of nitrogens with zero attached hydrogens (tertiary/aromatic N) is 2. The number of hydrogen-bond donors (Lipinski definition) is 0. The van der Waals surface area contributed by atoms with E-state index in [1.165, 1.54) is 31.4 Å². The highest BCUT2D eigenvalue weighted by molar-refractivity contribution is 8.00. The lowest BCUT2D eigenvalue weighted by Crippen LogP contribution is -2.38. The zero-order valence-electron chi connectivity index (χ0n) is 13.5. The molecule has 20 heavy (non-hydrogen) atoms. The summed E-state index contributed by atoms with van der Waals surface area (Å²) in [5, 5.41) is 1.13. The van der Waals surface area contributed by atoms with Crippen LogP contribution in [0.15, 0.2) is 23.4 Å². The maximum atomic E-state index is 4.67. The van der Waals surface area contributed by atoms with Crippen molar-refractivity contribution in [1.29, 1.82) is 0 Å². The van der Waals surface area contributed by atoms with Crippen molar-refractivity contribution in [3.63, 3.8) is 0 Å². The Kier molecular flexibility index (Phi) is 5.14. The van der Waals surface area contributed by atoms with Crippen molar-refractivity contribution in [2.45, 2.75) is 75.7 Å². The van der Waals surface area contributed by atoms with Crippen LogP contribution in [0.5, 0.6) is 0 Å². The lowest BCUT2D eigenvalue weighted by Gasteiger charge is -2.38. The van der Waals surface area contributed by atoms with Crippen LogP contribution in [0.4, 0.5) is 0 Å². The van der Waals surface area contributed by atoms with Crippen molar-refractivity contribution >= 4 is 11.8 Å². The number of likely N-dealkylation sites (tertiary alicyclic amines) is 1. The van der Waals surface area contributed by atoms with Crippen LogP contribution in [0.1, 0.15) is 65.5 Å². The van der Waals surface area contributed by atoms with Crippen LogP contribution >= 0.6 is 11.8 Å². The molecule has 112 valence electrons. The van der Waals surface area contributed by atoms with Gasteiger partial charge >= 0.3 is 0 Å². The largest absolute Gasteiger partial charge is 0.294 e. The summed E-state index contributed by atoms with van der Waals surface area (Å²) >= 11 is 1.84. The molecule has 1 aliphatic rings. The first-order valence-electron chi connectivity index (χ1n) is 7.77. The molecule has 2 rings (SSSR count). The van der Waals surface area contributed by atoms with Crippen molar-refractivity contribution in [3.8, 4) is 0 Å². The quantitative estimate of drug-likeness (QED) is 0.737. The maximum Gasteiger partial charge on any atom is 0.0965 e. The highest BCUT2D eigenvalue weighted by Crippen LogP contribution is 2.34. The van der Waals surface area contributed by atoms with Gasteiger partial charge in [-0.05, 0) is 44.9 Å². The average molecular weight is 292 g/mol. The fraction of sp³-hybridized carbons (Fsp3) is 0.706. The van der Waals surface area contributed by atoms with Gasteiger partial charge in [0.15, 0.2) is 0 Å². The molecule has 2 nitrogen and oxygen atoms in total. The second-order valence-electron chi connectivity index (χ2n) is 6.99. The highest BCUT2D eigenvalue weighted by Gasteiger charge is 2.26. The van der Waals surface area contributed by atoms with Crippen molar-refractivity contribution in [2.75, 3.05) is 6.54 Å². The zero-order chi connectivity index (χ0) is 14.8. The summed E-state index contributed by atoms with van der Waals surface area (Å²) in [6.45, 7) is 12.5. The van der Waals surface area contributed by atoms with Gasteiger partial charge in [0.05, 0.1) is 5.03 Å². The molecule has 1 saturated heterocycles. The SMILES string of the molecule is CC(C)N1CCCC[C@@H]1c1ccc(SC(C)(C)C)nc1. The summed E-state index contributed by atoms with van der Waals surface area (Å²) in [7, 11) is 0. The molecule has 0 amide bonds. The predicted molar refractivity (Wildman–Crippen MR) is 88.3 cm³/mol. The molecular formula is C17H28N2S. The van der Waals surface area contributed by atoms with Crippen LogP contribution in [-0.2, 0) is 0 Å². The Morgan fingerprint density at radius 1 is 1.25 bits per heavy atom. The van der Waals surface area contributed by atoms with Crippen LogP contribution in [0.2, 0.25) is 0 Å². The topological polar surface area (TPSA) is 16.1 Å². The molecule has 0 aromatic carbocycles. The summed E-state index contributed by atoms with van der Waals surface area (Å²) in [4.78, 5) is 7.29. The zero-order valence-corrected chi connectivity index (χ0v) is 14.3. The van der Waals surface area contributed by atoms with Gasteiger partial charge in [-0.3, -0.25) is 4.90 Å². The van der Waals surface area contributed by atoms with Crippen molar-refractivity contribution in [1.82, 2.24) is 9.88 Å². The highest BCUT2D eigenvalue weighted by atomic mass is 32.2. The van der Waals surface area contributed by atoms with Gasteiger partial charge in [0.1, 0.15) is 0 Å². The Hall–Kier alpha value is -0.540. The fourth-order valence-corrected chi connectivity index (χ4v) is 3.76. The molecule has 1 atom stereocenters. The first-order valence-corrected chi connectivity index (χ1v) is 8.59. The smallest absolute Gasteiger partial charge is 0.0965 e. The second kappa shape index (κ2) is 6.48. The molecule has 3 heteroatoms. The monoisotopic (exact) mass is 292 g/mol. The normalized spacial score (nSPS) is 21.4. The fourth-order valence-electron chi connectivity index (χ4n) is 2.89. The molecule has 0 radical (unpaired) electrons. The molecule has 1 fully saturated rings. The number of piperidine rings is 1. The minimum atomic E-state index is 0.226. The summed E-state index contributed by atoms with van der Waals surface area (Å²) in [6, 6.07) is 5.65. The van der Waals surface area contributed by atoms with Crippen molar-refractivity contribution < 1.29 is 0 Å². The van der Waals surface area contributed by atoms with Crippen molar-refractivity contribution in [3.05, 3.63) is 23.9 Å². The van der Waals surface area contributed by atoms with Gasteiger partial charge in [-0.25, -0.2) is 4.98 Å². The number of pyridine rings is 1. The van der Waals surface area contributed by atoms with Crippen LogP contribution in [-0.4, -0.2) is 27.2 Å². The van der Waals surface area contributed by atoms with Crippen LogP contribution in [0.3, 0.4) is 0 Å². The van der Waals surface area contributed by atoms with Gasteiger partial charge in [0.2, 0.25) is 0 Å². The van der Waals surface area contributed by atoms with E-state index in [2.05, 4.69) is 62.8 Å². The van der Waals surface area contributed by atoms with Crippen molar-refractivity contribution in [2.24, 2.45) is 0 Å². The first kappa shape index (κ1) is 15.8. The van der Waals surface area contributed by atoms with E-state index in [1.807, 2.05) is 11.8 Å². The minimum absolute atomic E-state index is 0.226. The first-order chi connectivity index (χ1) is 9.37. The van der Waals surface area contributed by atoms with Gasteiger partial charge in [-0.1, -0.05) is 33.3 Å². The Labute approximate surface area is 128 Å². The molecular weight excluding hydrogens is 264 g/mol. The standard InChI is InChI=1S/C17H28N2S/c1-13(2)19-11-7-6-8-15(19)14-9-10-16(18-12-14)20-17(3,4)5/h9-10,12-13,15H,6-8,11H2,1-5H3/t15-/m1/s1. The molecule has 1 aliphatic heterocycles. The molecule has 0 saturated carbocycles. The molecule has 0 bridgehead atoms. The Bertz CT molecular complexity index is 420. The van der Waals surface area contributed by atoms with E-state index in [1.54, 1.807) is 0 Å². The van der Waals surface area contributed by atoms with Gasteiger partial charge < -0.3 is 0 Å². The van der Waals surface area contributed by atoms with Crippen LogP contribution in [0.25, 0.3) is 0 Å². The van der Waals surface area contributed by atoms with Gasteiger partial charge in [-0.2, -0.15) is 0 Å². The third kappa shape index (κ3) is 4.23. The van der Waals surface area contributed by atoms with E-state index in [0.29, 0.717) is 12.1 Å². The molecule has 2 heterocycles. The molecule has 0 aliphatic carbocycles. The summed E-state index contributed by atoms with van der Waals surface area (Å²) in [5.74, 6) is 0. The average Bonchev–Trinajstić information content (AvgIpc) is 2.38. The summed E-state index contributed by atoms with van der Waals surface area (Å²) in [5.41, 5.74) is 1.39. The van der Waals surface area contributed by atoms with Gasteiger partial charge in [0.25, 0.3) is 0 Å². The predicted octanol–water partition coefficient (Wildman–Crippen LogP) is 4.91. The van der Waals surface area contributed by atoms with E-state index >= 15 is 0 Å². The van der Waals surface area contributed by atoms with E-state index in [0.717, 1.165) is 5.03 Å². The number of aromatic nitrogens is 1. The number of thioether (sulfide) groups is 1. The Morgan fingerprint density at radius 2 is 2.00 bits per heavy atom. The number of hydrogen-bond acceptors (Lipinski definition) is 3. The van der Waals surface area contributed by atoms with Gasteiger partial charge in [-0.15, -0.1) is 11.8 Å². The lowest BCUT2D eigenvalue weighted by molar-refractivity contribution is 0.112. The Morgan fingerprint density at radius 3 is 2.55 bits per heavy atom. The third-order valence-electron chi connectivity index (χ3n) is 3.76. The van der Waals surface area contributed by atoms with E-state index in [-0.39, 0.29) is 4.75 Å². The van der Waals surface area contributed by atoms with E-state index in [4.69, 9.17) is 0 Å². The second-order valence-corrected chi connectivity index (χ2v) is 8.83. The molecule has 1 aromatic rings. The summed E-state index contributed by atoms with van der Waals surface area (Å²) in [6.07, 6.45) is 6.04. The molecule has 0 unspecified atom stereocenters. The van der Waals surface area contributed by atoms with Gasteiger partial charge in [0, 0.05) is 23.0 Å². The number of rotatable bonds is 3. The Balaban J connectivity index is 2.12. The summed E-state index contributed by atoms with van der Waals surface area (Å²) < 4.78 is 0.226. The van der Waals surface area contributed by atoms with Crippen LogP contribution in [0, 0.1) is 0 Å². The van der Waals surface area contributed by atoms with E-state index in [9.17, 15) is 0 Å². The maximum absolute atomic E-state index is 4.67. The minimum Gasteiger partial charge on any atom is -0.294 e. The third-order valence-corrected chi connectivity index (χ3v) is 4.83. The lowest BCUT2D eigenvalue weighted by atomic mass is 9.95. The van der Waals surface area contributed by atoms with E-state index < -0.39 is 0 Å². The molecule has 0 N–H and O–H groups in total. The molecule has 1 aromatic heterocycles. The molecule has 0 spiro atoms.